The van der Waals surface area contributed by atoms with Crippen LogP contribution in [-0.2, 0) is 0 Å². The minimum atomic E-state index is 0.0932. The van der Waals surface area contributed by atoms with E-state index in [4.69, 9.17) is 9.47 Å². The SMILES string of the molecule is COc1ccc(C(=O)N2CCC(N3C[C@H](Oc4ccccc4)[C@@H]3c3ccncc3)CC2)cc1. The normalized spacial score (nSPS) is 21.3. The highest BCUT2D eigenvalue weighted by Crippen LogP contribution is 2.40. The summed E-state index contributed by atoms with van der Waals surface area (Å²) in [6.07, 6.45) is 5.72. The molecule has 6 heteroatoms. The average Bonchev–Trinajstić information content (AvgIpc) is 2.87. The molecule has 3 aromatic rings. The Morgan fingerprint density at radius 3 is 2.27 bits per heavy atom. The Morgan fingerprint density at radius 1 is 0.909 bits per heavy atom. The minimum Gasteiger partial charge on any atom is -0.497 e. The van der Waals surface area contributed by atoms with Crippen molar-refractivity contribution in [2.24, 2.45) is 0 Å². The molecule has 0 radical (unpaired) electrons. The molecule has 170 valence electrons. The van der Waals surface area contributed by atoms with Crippen LogP contribution in [0.5, 0.6) is 11.5 Å². The Bertz CT molecular complexity index is 1050. The molecule has 6 nitrogen and oxygen atoms in total. The van der Waals surface area contributed by atoms with Crippen LogP contribution in [0.2, 0.25) is 0 Å². The van der Waals surface area contributed by atoms with Gasteiger partial charge in [0.1, 0.15) is 17.6 Å². The number of pyridine rings is 1. The van der Waals surface area contributed by atoms with Crippen molar-refractivity contribution < 1.29 is 14.3 Å². The first-order valence-electron chi connectivity index (χ1n) is 11.5. The van der Waals surface area contributed by atoms with Gasteiger partial charge in [0.15, 0.2) is 0 Å². The number of hydrogen-bond acceptors (Lipinski definition) is 5. The van der Waals surface area contributed by atoms with E-state index in [1.54, 1.807) is 7.11 Å². The Kier molecular flexibility index (Phi) is 6.26. The number of aromatic nitrogens is 1. The van der Waals surface area contributed by atoms with Crippen LogP contribution in [0, 0.1) is 0 Å². The van der Waals surface area contributed by atoms with Crippen molar-refractivity contribution in [1.82, 2.24) is 14.8 Å². The minimum absolute atomic E-state index is 0.0932. The molecule has 2 atom stereocenters. The molecular weight excluding hydrogens is 414 g/mol. The van der Waals surface area contributed by atoms with E-state index in [1.807, 2.05) is 71.9 Å². The topological polar surface area (TPSA) is 54.9 Å². The summed E-state index contributed by atoms with van der Waals surface area (Å²) >= 11 is 0. The second-order valence-corrected chi connectivity index (χ2v) is 8.64. The molecule has 2 aromatic carbocycles. The zero-order valence-corrected chi connectivity index (χ0v) is 18.8. The zero-order valence-electron chi connectivity index (χ0n) is 18.8. The predicted octanol–water partition coefficient (Wildman–Crippen LogP) is 4.20. The summed E-state index contributed by atoms with van der Waals surface area (Å²) in [7, 11) is 1.63. The number of nitrogens with zero attached hydrogens (tertiary/aromatic N) is 3. The molecule has 0 spiro atoms. The van der Waals surface area contributed by atoms with Crippen LogP contribution < -0.4 is 9.47 Å². The van der Waals surface area contributed by atoms with Gasteiger partial charge < -0.3 is 14.4 Å². The summed E-state index contributed by atoms with van der Waals surface area (Å²) < 4.78 is 11.5. The Morgan fingerprint density at radius 2 is 1.61 bits per heavy atom. The van der Waals surface area contributed by atoms with E-state index in [2.05, 4.69) is 22.0 Å². The lowest BCUT2D eigenvalue weighted by molar-refractivity contribution is -0.0842. The molecule has 3 heterocycles. The maximum atomic E-state index is 12.9. The second kappa shape index (κ2) is 9.63. The number of amides is 1. The van der Waals surface area contributed by atoms with Gasteiger partial charge in [-0.25, -0.2) is 0 Å². The summed E-state index contributed by atoms with van der Waals surface area (Å²) in [5.41, 5.74) is 1.94. The van der Waals surface area contributed by atoms with E-state index in [1.165, 1.54) is 5.56 Å². The zero-order chi connectivity index (χ0) is 22.6. The first kappa shape index (κ1) is 21.5. The predicted molar refractivity (Wildman–Crippen MR) is 126 cm³/mol. The van der Waals surface area contributed by atoms with Crippen LogP contribution in [0.25, 0.3) is 0 Å². The fourth-order valence-corrected chi connectivity index (χ4v) is 4.93. The molecule has 2 aliphatic heterocycles. The molecule has 2 fully saturated rings. The van der Waals surface area contributed by atoms with Gasteiger partial charge in [-0.1, -0.05) is 18.2 Å². The van der Waals surface area contributed by atoms with Gasteiger partial charge in [-0.15, -0.1) is 0 Å². The molecule has 33 heavy (non-hydrogen) atoms. The Balaban J connectivity index is 1.24. The number of rotatable bonds is 6. The third-order valence-electron chi connectivity index (χ3n) is 6.74. The Hall–Kier alpha value is -3.38. The van der Waals surface area contributed by atoms with Crippen molar-refractivity contribution in [2.45, 2.75) is 31.0 Å². The van der Waals surface area contributed by atoms with E-state index in [9.17, 15) is 4.79 Å². The molecule has 2 saturated heterocycles. The van der Waals surface area contributed by atoms with Gasteiger partial charge in [0, 0.05) is 43.6 Å². The summed E-state index contributed by atoms with van der Waals surface area (Å²) in [5.74, 6) is 1.76. The summed E-state index contributed by atoms with van der Waals surface area (Å²) in [6.45, 7) is 2.41. The van der Waals surface area contributed by atoms with E-state index >= 15 is 0 Å². The van der Waals surface area contributed by atoms with Gasteiger partial charge in [-0.3, -0.25) is 14.7 Å². The molecule has 0 N–H and O–H groups in total. The van der Waals surface area contributed by atoms with E-state index in [0.717, 1.165) is 44.0 Å². The highest BCUT2D eigenvalue weighted by atomic mass is 16.5. The summed E-state index contributed by atoms with van der Waals surface area (Å²) in [6, 6.07) is 22.2. The number of benzene rings is 2. The number of piperidine rings is 1. The monoisotopic (exact) mass is 443 g/mol. The number of hydrogen-bond donors (Lipinski definition) is 0. The van der Waals surface area contributed by atoms with Crippen molar-refractivity contribution in [1.29, 1.82) is 0 Å². The van der Waals surface area contributed by atoms with Gasteiger partial charge in [0.25, 0.3) is 5.91 Å². The highest BCUT2D eigenvalue weighted by Gasteiger charge is 2.46. The number of para-hydroxylation sites is 1. The van der Waals surface area contributed by atoms with Gasteiger partial charge in [-0.05, 0) is 66.9 Å². The fourth-order valence-electron chi connectivity index (χ4n) is 4.93. The summed E-state index contributed by atoms with van der Waals surface area (Å²) in [5, 5.41) is 0. The number of ether oxygens (including phenoxy) is 2. The lowest BCUT2D eigenvalue weighted by atomic mass is 9.87. The second-order valence-electron chi connectivity index (χ2n) is 8.64. The first-order chi connectivity index (χ1) is 16.2. The molecule has 5 rings (SSSR count). The van der Waals surface area contributed by atoms with Crippen molar-refractivity contribution in [3.63, 3.8) is 0 Å². The van der Waals surface area contributed by atoms with Crippen LogP contribution in [-0.4, -0.2) is 59.6 Å². The van der Waals surface area contributed by atoms with Gasteiger partial charge in [0.05, 0.1) is 13.2 Å². The largest absolute Gasteiger partial charge is 0.497 e. The maximum absolute atomic E-state index is 12.9. The lowest BCUT2D eigenvalue weighted by Gasteiger charge is -2.53. The molecule has 2 aliphatic rings. The lowest BCUT2D eigenvalue weighted by Crippen LogP contribution is -2.61. The maximum Gasteiger partial charge on any atom is 0.253 e. The van der Waals surface area contributed by atoms with Crippen LogP contribution >= 0.6 is 0 Å². The van der Waals surface area contributed by atoms with Gasteiger partial charge >= 0.3 is 0 Å². The molecule has 0 unspecified atom stereocenters. The average molecular weight is 444 g/mol. The molecule has 0 aliphatic carbocycles. The van der Waals surface area contributed by atoms with E-state index in [0.29, 0.717) is 11.6 Å². The van der Waals surface area contributed by atoms with Crippen molar-refractivity contribution in [3.05, 3.63) is 90.3 Å². The third kappa shape index (κ3) is 4.57. The van der Waals surface area contributed by atoms with Crippen molar-refractivity contribution >= 4 is 5.91 Å². The van der Waals surface area contributed by atoms with E-state index < -0.39 is 0 Å². The number of carbonyl (C=O) groups is 1. The Labute approximate surface area is 194 Å². The number of carbonyl (C=O) groups excluding carboxylic acids is 1. The molecule has 0 saturated carbocycles. The van der Waals surface area contributed by atoms with Gasteiger partial charge in [-0.2, -0.15) is 0 Å². The van der Waals surface area contributed by atoms with Gasteiger partial charge in [0.2, 0.25) is 0 Å². The molecule has 1 aromatic heterocycles. The van der Waals surface area contributed by atoms with Crippen LogP contribution in [0.1, 0.15) is 34.8 Å². The quantitative estimate of drug-likeness (QED) is 0.572. The molecule has 0 bridgehead atoms. The number of likely N-dealkylation sites (tertiary alicyclic amines) is 2. The number of methoxy groups -OCH3 is 1. The van der Waals surface area contributed by atoms with Crippen molar-refractivity contribution in [2.75, 3.05) is 26.7 Å². The molecule has 1 amide bonds. The third-order valence-corrected chi connectivity index (χ3v) is 6.74. The van der Waals surface area contributed by atoms with Crippen LogP contribution in [0.15, 0.2) is 79.1 Å². The smallest absolute Gasteiger partial charge is 0.253 e. The van der Waals surface area contributed by atoms with E-state index in [-0.39, 0.29) is 18.1 Å². The highest BCUT2D eigenvalue weighted by molar-refractivity contribution is 5.94. The fraction of sp³-hybridized carbons (Fsp3) is 0.333. The summed E-state index contributed by atoms with van der Waals surface area (Å²) in [4.78, 5) is 21.6. The van der Waals surface area contributed by atoms with Crippen LogP contribution in [0.3, 0.4) is 0 Å². The standard InChI is InChI=1S/C27H29N3O3/c1-32-23-9-7-21(8-10-23)27(31)29-17-13-22(14-18-29)30-19-25(33-24-5-3-2-4-6-24)26(30)20-11-15-28-16-12-20/h2-12,15-16,22,25-26H,13-14,17-19H2,1H3/t25-,26-/m0/s1. The van der Waals surface area contributed by atoms with Crippen LogP contribution in [0.4, 0.5) is 0 Å². The molecular formula is C27H29N3O3. The first-order valence-corrected chi connectivity index (χ1v) is 11.5. The van der Waals surface area contributed by atoms with Crippen molar-refractivity contribution in [3.8, 4) is 11.5 Å².